The quantitative estimate of drug-likeness (QED) is 0.768. The molecule has 0 radical (unpaired) electrons. The van der Waals surface area contributed by atoms with Gasteiger partial charge in [-0.05, 0) is 26.1 Å². The van der Waals surface area contributed by atoms with Gasteiger partial charge in [0.15, 0.2) is 0 Å². The highest BCUT2D eigenvalue weighted by molar-refractivity contribution is 5.20. The summed E-state index contributed by atoms with van der Waals surface area (Å²) in [5, 5.41) is 9.16. The molecule has 0 aliphatic rings. The topological polar surface area (TPSA) is 32.7 Å². The van der Waals surface area contributed by atoms with Crippen molar-refractivity contribution >= 4 is 0 Å². The van der Waals surface area contributed by atoms with Crippen LogP contribution in [0.2, 0.25) is 0 Å². The van der Waals surface area contributed by atoms with Crippen molar-refractivity contribution < 1.29 is 9.84 Å². The van der Waals surface area contributed by atoms with Crippen molar-refractivity contribution in [2.75, 3.05) is 26.7 Å². The minimum atomic E-state index is -0.285. The second-order valence-corrected chi connectivity index (χ2v) is 3.77. The molecule has 1 rings (SSSR count). The first-order valence-corrected chi connectivity index (χ1v) is 5.23. The fourth-order valence-electron chi connectivity index (χ4n) is 1.38. The highest BCUT2D eigenvalue weighted by atomic mass is 16.5. The highest BCUT2D eigenvalue weighted by Crippen LogP contribution is 2.07. The number of likely N-dealkylation sites (N-methyl/N-ethyl adjacent to an activating group) is 1. The average molecular weight is 209 g/mol. The summed E-state index contributed by atoms with van der Waals surface area (Å²) in [5.41, 5.74) is 0. The van der Waals surface area contributed by atoms with E-state index in [1.165, 1.54) is 0 Å². The van der Waals surface area contributed by atoms with E-state index in [1.807, 2.05) is 42.3 Å². The summed E-state index contributed by atoms with van der Waals surface area (Å²) in [5.74, 6) is 0.892. The lowest BCUT2D eigenvalue weighted by atomic mass is 10.3. The lowest BCUT2D eigenvalue weighted by molar-refractivity contribution is 0.131. The predicted molar refractivity (Wildman–Crippen MR) is 61.1 cm³/mol. The molecule has 1 N–H and O–H groups in total. The summed E-state index contributed by atoms with van der Waals surface area (Å²) in [6.07, 6.45) is -0.285. The van der Waals surface area contributed by atoms with Crippen molar-refractivity contribution in [2.45, 2.75) is 13.0 Å². The SMILES string of the molecule is CC(O)CN(C)CCOc1ccccc1. The molecular weight excluding hydrogens is 190 g/mol. The van der Waals surface area contributed by atoms with Crippen molar-refractivity contribution in [3.8, 4) is 5.75 Å². The van der Waals surface area contributed by atoms with E-state index in [4.69, 9.17) is 9.84 Å². The summed E-state index contributed by atoms with van der Waals surface area (Å²) < 4.78 is 5.53. The van der Waals surface area contributed by atoms with Crippen LogP contribution in [0.25, 0.3) is 0 Å². The van der Waals surface area contributed by atoms with Crippen molar-refractivity contribution in [1.82, 2.24) is 4.90 Å². The van der Waals surface area contributed by atoms with Crippen LogP contribution in [-0.2, 0) is 0 Å². The molecule has 3 heteroatoms. The van der Waals surface area contributed by atoms with E-state index in [9.17, 15) is 0 Å². The third-order valence-electron chi connectivity index (χ3n) is 2.06. The maximum Gasteiger partial charge on any atom is 0.119 e. The lowest BCUT2D eigenvalue weighted by Crippen LogP contribution is -2.30. The maximum atomic E-state index is 9.16. The molecule has 1 aromatic rings. The van der Waals surface area contributed by atoms with Crippen molar-refractivity contribution in [2.24, 2.45) is 0 Å². The van der Waals surface area contributed by atoms with E-state index >= 15 is 0 Å². The Labute approximate surface area is 91.3 Å². The molecule has 0 saturated carbocycles. The number of aliphatic hydroxyl groups is 1. The molecule has 84 valence electrons. The van der Waals surface area contributed by atoms with E-state index in [-0.39, 0.29) is 6.10 Å². The van der Waals surface area contributed by atoms with E-state index in [2.05, 4.69) is 0 Å². The molecule has 15 heavy (non-hydrogen) atoms. The number of para-hydroxylation sites is 1. The standard InChI is InChI=1S/C12H19NO2/c1-11(14)10-13(2)8-9-15-12-6-4-3-5-7-12/h3-7,11,14H,8-10H2,1-2H3. The van der Waals surface area contributed by atoms with Gasteiger partial charge in [0.1, 0.15) is 12.4 Å². The van der Waals surface area contributed by atoms with Crippen LogP contribution in [-0.4, -0.2) is 42.9 Å². The largest absolute Gasteiger partial charge is 0.492 e. The number of hydrogen-bond acceptors (Lipinski definition) is 3. The van der Waals surface area contributed by atoms with Gasteiger partial charge in [0.05, 0.1) is 6.10 Å². The van der Waals surface area contributed by atoms with Crippen LogP contribution in [0.3, 0.4) is 0 Å². The Morgan fingerprint density at radius 2 is 2.00 bits per heavy atom. The molecule has 0 bridgehead atoms. The predicted octanol–water partition coefficient (Wildman–Crippen LogP) is 1.38. The van der Waals surface area contributed by atoms with Crippen LogP contribution in [0, 0.1) is 0 Å². The molecule has 0 amide bonds. The fraction of sp³-hybridized carbons (Fsp3) is 0.500. The smallest absolute Gasteiger partial charge is 0.119 e. The number of hydrogen-bond donors (Lipinski definition) is 1. The molecule has 0 fully saturated rings. The van der Waals surface area contributed by atoms with Gasteiger partial charge in [0.25, 0.3) is 0 Å². The number of nitrogens with zero attached hydrogens (tertiary/aromatic N) is 1. The summed E-state index contributed by atoms with van der Waals surface area (Å²) in [7, 11) is 1.97. The average Bonchev–Trinajstić information content (AvgIpc) is 2.18. The Morgan fingerprint density at radius 1 is 1.33 bits per heavy atom. The number of rotatable bonds is 6. The zero-order chi connectivity index (χ0) is 11.1. The van der Waals surface area contributed by atoms with Gasteiger partial charge in [-0.3, -0.25) is 0 Å². The monoisotopic (exact) mass is 209 g/mol. The molecule has 0 aromatic heterocycles. The highest BCUT2D eigenvalue weighted by Gasteiger charge is 2.02. The van der Waals surface area contributed by atoms with Crippen LogP contribution in [0.15, 0.2) is 30.3 Å². The third kappa shape index (κ3) is 5.40. The lowest BCUT2D eigenvalue weighted by Gasteiger charge is -2.18. The zero-order valence-corrected chi connectivity index (χ0v) is 9.39. The van der Waals surface area contributed by atoms with Gasteiger partial charge in [0, 0.05) is 13.1 Å². The molecule has 0 spiro atoms. The summed E-state index contributed by atoms with van der Waals surface area (Å²) in [6, 6.07) is 9.75. The van der Waals surface area contributed by atoms with Gasteiger partial charge < -0.3 is 14.7 Å². The van der Waals surface area contributed by atoms with E-state index in [0.717, 1.165) is 12.3 Å². The summed E-state index contributed by atoms with van der Waals surface area (Å²) in [6.45, 7) is 3.93. The Morgan fingerprint density at radius 3 is 2.60 bits per heavy atom. The van der Waals surface area contributed by atoms with Gasteiger partial charge in [-0.15, -0.1) is 0 Å². The zero-order valence-electron chi connectivity index (χ0n) is 9.39. The Balaban J connectivity index is 2.16. The van der Waals surface area contributed by atoms with E-state index in [0.29, 0.717) is 13.2 Å². The van der Waals surface area contributed by atoms with Crippen LogP contribution >= 0.6 is 0 Å². The van der Waals surface area contributed by atoms with Gasteiger partial charge in [-0.25, -0.2) is 0 Å². The molecule has 1 atom stereocenters. The Bertz CT molecular complexity index is 262. The first-order chi connectivity index (χ1) is 7.18. The third-order valence-corrected chi connectivity index (χ3v) is 2.06. The molecule has 0 aliphatic carbocycles. The second-order valence-electron chi connectivity index (χ2n) is 3.77. The van der Waals surface area contributed by atoms with Crippen LogP contribution < -0.4 is 4.74 Å². The van der Waals surface area contributed by atoms with Gasteiger partial charge in [0.2, 0.25) is 0 Å². The molecule has 0 aliphatic heterocycles. The van der Waals surface area contributed by atoms with Crippen molar-refractivity contribution in [3.63, 3.8) is 0 Å². The number of aliphatic hydroxyl groups excluding tert-OH is 1. The van der Waals surface area contributed by atoms with Crippen LogP contribution in [0.5, 0.6) is 5.75 Å². The molecule has 3 nitrogen and oxygen atoms in total. The van der Waals surface area contributed by atoms with Crippen molar-refractivity contribution in [3.05, 3.63) is 30.3 Å². The molecule has 0 heterocycles. The maximum absolute atomic E-state index is 9.16. The van der Waals surface area contributed by atoms with Crippen LogP contribution in [0.1, 0.15) is 6.92 Å². The normalized spacial score (nSPS) is 12.8. The van der Waals surface area contributed by atoms with Crippen LogP contribution in [0.4, 0.5) is 0 Å². The Kier molecular flexibility index (Phi) is 5.15. The molecular formula is C12H19NO2. The van der Waals surface area contributed by atoms with Gasteiger partial charge in [-0.1, -0.05) is 18.2 Å². The van der Waals surface area contributed by atoms with Gasteiger partial charge >= 0.3 is 0 Å². The molecule has 0 saturated heterocycles. The van der Waals surface area contributed by atoms with E-state index < -0.39 is 0 Å². The second kappa shape index (κ2) is 6.43. The first kappa shape index (κ1) is 12.0. The minimum absolute atomic E-state index is 0.285. The number of ether oxygens (including phenoxy) is 1. The molecule has 1 unspecified atom stereocenters. The van der Waals surface area contributed by atoms with E-state index in [1.54, 1.807) is 6.92 Å². The summed E-state index contributed by atoms with van der Waals surface area (Å²) in [4.78, 5) is 2.05. The van der Waals surface area contributed by atoms with Gasteiger partial charge in [-0.2, -0.15) is 0 Å². The Hall–Kier alpha value is -1.06. The van der Waals surface area contributed by atoms with Crippen molar-refractivity contribution in [1.29, 1.82) is 0 Å². The first-order valence-electron chi connectivity index (χ1n) is 5.23. The number of benzene rings is 1. The summed E-state index contributed by atoms with van der Waals surface area (Å²) >= 11 is 0. The fourth-order valence-corrected chi connectivity index (χ4v) is 1.38. The minimum Gasteiger partial charge on any atom is -0.492 e. The molecule has 1 aromatic carbocycles.